The fourth-order valence-electron chi connectivity index (χ4n) is 3.16. The second-order valence-corrected chi connectivity index (χ2v) is 7.56. The number of nitrogens with zero attached hydrogens (tertiary/aromatic N) is 2. The lowest BCUT2D eigenvalue weighted by Crippen LogP contribution is -2.26. The number of carbonyl (C=O) groups excluding carboxylic acids is 2. The van der Waals surface area contributed by atoms with E-state index in [-0.39, 0.29) is 11.8 Å². The van der Waals surface area contributed by atoms with Crippen molar-refractivity contribution < 1.29 is 19.1 Å². The molecule has 1 aliphatic heterocycles. The average Bonchev–Trinajstić information content (AvgIpc) is 2.87. The van der Waals surface area contributed by atoms with Gasteiger partial charge in [0.1, 0.15) is 16.5 Å². The van der Waals surface area contributed by atoms with E-state index < -0.39 is 0 Å². The molecule has 0 spiro atoms. The highest BCUT2D eigenvalue weighted by Gasteiger charge is 2.26. The van der Waals surface area contributed by atoms with Crippen LogP contribution in [0.5, 0.6) is 11.5 Å². The Morgan fingerprint density at radius 1 is 1.10 bits per heavy atom. The SMILES string of the molecule is COc1ccc(C(=O)Nc2ccc3c(c2)Sc2ncccc2C(=O)N3C)c(OC)c1. The zero-order valence-electron chi connectivity index (χ0n) is 16.6. The fourth-order valence-corrected chi connectivity index (χ4v) is 4.25. The molecule has 0 bridgehead atoms. The average molecular weight is 421 g/mol. The number of hydrogen-bond donors (Lipinski definition) is 1. The van der Waals surface area contributed by atoms with Gasteiger partial charge in [-0.25, -0.2) is 4.98 Å². The predicted octanol–water partition coefficient (Wildman–Crippen LogP) is 4.09. The number of anilines is 2. The molecule has 0 saturated heterocycles. The van der Waals surface area contributed by atoms with Gasteiger partial charge in [0.2, 0.25) is 0 Å². The second kappa shape index (κ2) is 8.08. The maximum atomic E-state index is 12.8. The first-order valence-corrected chi connectivity index (χ1v) is 9.92. The van der Waals surface area contributed by atoms with Crippen LogP contribution in [-0.4, -0.2) is 38.1 Å². The maximum absolute atomic E-state index is 12.8. The van der Waals surface area contributed by atoms with Gasteiger partial charge in [0.15, 0.2) is 0 Å². The molecule has 1 aromatic heterocycles. The summed E-state index contributed by atoms with van der Waals surface area (Å²) in [6.45, 7) is 0. The smallest absolute Gasteiger partial charge is 0.260 e. The van der Waals surface area contributed by atoms with Crippen LogP contribution in [0.4, 0.5) is 11.4 Å². The van der Waals surface area contributed by atoms with Crippen LogP contribution in [0.2, 0.25) is 0 Å². The number of benzene rings is 2. The Morgan fingerprint density at radius 2 is 1.93 bits per heavy atom. The molecule has 0 saturated carbocycles. The van der Waals surface area contributed by atoms with E-state index in [4.69, 9.17) is 9.47 Å². The lowest BCUT2D eigenvalue weighted by molar-refractivity contribution is 0.0987. The van der Waals surface area contributed by atoms with Crippen LogP contribution >= 0.6 is 11.8 Å². The quantitative estimate of drug-likeness (QED) is 0.683. The molecule has 0 aliphatic carbocycles. The number of pyridine rings is 1. The Labute approximate surface area is 178 Å². The molecule has 0 atom stereocenters. The lowest BCUT2D eigenvalue weighted by Gasteiger charge is -2.18. The Bertz CT molecular complexity index is 1150. The van der Waals surface area contributed by atoms with E-state index in [2.05, 4.69) is 10.3 Å². The Hall–Kier alpha value is -3.52. The third-order valence-corrected chi connectivity index (χ3v) is 5.81. The molecular formula is C22H19N3O4S. The third-order valence-electron chi connectivity index (χ3n) is 4.75. The van der Waals surface area contributed by atoms with Crippen molar-refractivity contribution in [3.05, 3.63) is 65.9 Å². The molecule has 2 amide bonds. The van der Waals surface area contributed by atoms with Crippen molar-refractivity contribution >= 4 is 35.0 Å². The third kappa shape index (κ3) is 3.57. The molecule has 7 nitrogen and oxygen atoms in total. The molecule has 152 valence electrons. The Balaban J connectivity index is 1.65. The number of amides is 2. The van der Waals surface area contributed by atoms with Crippen LogP contribution in [0, 0.1) is 0 Å². The molecular weight excluding hydrogens is 402 g/mol. The number of aromatic nitrogens is 1. The van der Waals surface area contributed by atoms with Crippen molar-refractivity contribution in [2.75, 3.05) is 31.5 Å². The van der Waals surface area contributed by atoms with Gasteiger partial charge in [-0.2, -0.15) is 0 Å². The van der Waals surface area contributed by atoms with Gasteiger partial charge in [0.05, 0.1) is 31.0 Å². The molecule has 8 heteroatoms. The normalized spacial score (nSPS) is 12.5. The van der Waals surface area contributed by atoms with Gasteiger partial charge >= 0.3 is 0 Å². The van der Waals surface area contributed by atoms with Crippen molar-refractivity contribution in [2.45, 2.75) is 9.92 Å². The Morgan fingerprint density at radius 3 is 2.70 bits per heavy atom. The highest BCUT2D eigenvalue weighted by atomic mass is 32.2. The van der Waals surface area contributed by atoms with E-state index in [1.54, 1.807) is 61.7 Å². The van der Waals surface area contributed by atoms with E-state index in [0.29, 0.717) is 33.3 Å². The van der Waals surface area contributed by atoms with Crippen LogP contribution in [-0.2, 0) is 0 Å². The van der Waals surface area contributed by atoms with Crippen molar-refractivity contribution in [2.24, 2.45) is 0 Å². The first-order valence-electron chi connectivity index (χ1n) is 9.10. The molecule has 3 aromatic rings. The molecule has 1 N–H and O–H groups in total. The maximum Gasteiger partial charge on any atom is 0.260 e. The second-order valence-electron chi connectivity index (χ2n) is 6.53. The van der Waals surface area contributed by atoms with E-state index in [0.717, 1.165) is 10.6 Å². The topological polar surface area (TPSA) is 80.8 Å². The fraction of sp³-hybridized carbons (Fsp3) is 0.136. The summed E-state index contributed by atoms with van der Waals surface area (Å²) in [5.74, 6) is 0.586. The molecule has 1 aliphatic rings. The number of ether oxygens (including phenoxy) is 2. The number of carbonyl (C=O) groups is 2. The summed E-state index contributed by atoms with van der Waals surface area (Å²) in [7, 11) is 4.78. The van der Waals surface area contributed by atoms with Crippen molar-refractivity contribution in [3.8, 4) is 11.5 Å². The molecule has 2 heterocycles. The number of methoxy groups -OCH3 is 2. The summed E-state index contributed by atoms with van der Waals surface area (Å²) >= 11 is 1.39. The summed E-state index contributed by atoms with van der Waals surface area (Å²) in [5, 5.41) is 3.53. The molecule has 30 heavy (non-hydrogen) atoms. The minimum absolute atomic E-state index is 0.121. The minimum Gasteiger partial charge on any atom is -0.497 e. The lowest BCUT2D eigenvalue weighted by atomic mass is 10.1. The van der Waals surface area contributed by atoms with E-state index in [9.17, 15) is 9.59 Å². The van der Waals surface area contributed by atoms with Crippen molar-refractivity contribution in [3.63, 3.8) is 0 Å². The van der Waals surface area contributed by atoms with Crippen LogP contribution in [0.1, 0.15) is 20.7 Å². The van der Waals surface area contributed by atoms with Crippen molar-refractivity contribution in [1.82, 2.24) is 4.98 Å². The van der Waals surface area contributed by atoms with Gasteiger partial charge in [-0.3, -0.25) is 9.59 Å². The molecule has 0 unspecified atom stereocenters. The molecule has 0 fully saturated rings. The summed E-state index contributed by atoms with van der Waals surface area (Å²) in [6, 6.07) is 13.9. The Kier molecular flexibility index (Phi) is 5.33. The van der Waals surface area contributed by atoms with Crippen molar-refractivity contribution in [1.29, 1.82) is 0 Å². The summed E-state index contributed by atoms with van der Waals surface area (Å²) in [6.07, 6.45) is 1.66. The highest BCUT2D eigenvalue weighted by molar-refractivity contribution is 7.99. The number of rotatable bonds is 4. The largest absolute Gasteiger partial charge is 0.497 e. The van der Waals surface area contributed by atoms with Crippen LogP contribution in [0.15, 0.2) is 64.6 Å². The standard InChI is InChI=1S/C22H19N3O4S/c1-25-17-9-6-13(11-19(17)30-21-16(22(25)27)5-4-10-23-21)24-20(26)15-8-7-14(28-2)12-18(15)29-3/h4-12H,1-3H3,(H,24,26). The van der Waals surface area contributed by atoms with Crippen LogP contribution in [0.25, 0.3) is 0 Å². The van der Waals surface area contributed by atoms with Gasteiger partial charge < -0.3 is 19.7 Å². The van der Waals surface area contributed by atoms with E-state index in [1.807, 2.05) is 12.1 Å². The zero-order chi connectivity index (χ0) is 21.3. The summed E-state index contributed by atoms with van der Waals surface area (Å²) in [5.41, 5.74) is 2.29. The summed E-state index contributed by atoms with van der Waals surface area (Å²) in [4.78, 5) is 32.3. The van der Waals surface area contributed by atoms with Gasteiger partial charge in [-0.05, 0) is 42.5 Å². The van der Waals surface area contributed by atoms with E-state index in [1.165, 1.54) is 18.9 Å². The summed E-state index contributed by atoms with van der Waals surface area (Å²) < 4.78 is 10.5. The first kappa shape index (κ1) is 19.8. The monoisotopic (exact) mass is 421 g/mol. The molecule has 2 aromatic carbocycles. The number of hydrogen-bond acceptors (Lipinski definition) is 6. The molecule has 0 radical (unpaired) electrons. The first-order chi connectivity index (χ1) is 14.5. The van der Waals surface area contributed by atoms with Gasteiger partial charge in [0.25, 0.3) is 11.8 Å². The molecule has 4 rings (SSSR count). The number of fused-ring (bicyclic) bond motifs is 2. The van der Waals surface area contributed by atoms with Gasteiger partial charge in [-0.15, -0.1) is 0 Å². The highest BCUT2D eigenvalue weighted by Crippen LogP contribution is 2.41. The van der Waals surface area contributed by atoms with Crippen LogP contribution < -0.4 is 19.7 Å². The van der Waals surface area contributed by atoms with Gasteiger partial charge in [-0.1, -0.05) is 11.8 Å². The van der Waals surface area contributed by atoms with E-state index >= 15 is 0 Å². The minimum atomic E-state index is -0.309. The van der Waals surface area contributed by atoms with Crippen LogP contribution in [0.3, 0.4) is 0 Å². The zero-order valence-corrected chi connectivity index (χ0v) is 17.4. The number of nitrogens with one attached hydrogen (secondary N) is 1. The predicted molar refractivity (Wildman–Crippen MR) is 115 cm³/mol. The van der Waals surface area contributed by atoms with Gasteiger partial charge in [0, 0.05) is 29.9 Å².